The van der Waals surface area contributed by atoms with E-state index < -0.39 is 14.9 Å². The maximum atomic E-state index is 13.3. The van der Waals surface area contributed by atoms with Gasteiger partial charge in [0, 0.05) is 38.7 Å². The molecule has 0 saturated carbocycles. The first-order valence-corrected chi connectivity index (χ1v) is 13.9. The summed E-state index contributed by atoms with van der Waals surface area (Å²) in [6.07, 6.45) is 9.62. The van der Waals surface area contributed by atoms with E-state index in [9.17, 15) is 18.5 Å². The molecule has 0 aliphatic carbocycles. The Morgan fingerprint density at radius 3 is 2.41 bits per heavy atom. The Morgan fingerprint density at radius 2 is 1.65 bits per heavy atom. The third kappa shape index (κ3) is 4.31. The lowest BCUT2D eigenvalue weighted by molar-refractivity contribution is -0.384. The van der Waals surface area contributed by atoms with E-state index in [1.54, 1.807) is 6.07 Å². The van der Waals surface area contributed by atoms with Crippen LogP contribution in [0.15, 0.2) is 23.1 Å². The molecule has 0 bridgehead atoms. The normalized spacial score (nSPS) is 22.2. The predicted molar refractivity (Wildman–Crippen MR) is 127 cm³/mol. The van der Waals surface area contributed by atoms with Crippen molar-refractivity contribution in [2.24, 2.45) is 0 Å². The first-order chi connectivity index (χ1) is 16.5. The molecule has 2 fully saturated rings. The van der Waals surface area contributed by atoms with Gasteiger partial charge in [-0.3, -0.25) is 10.1 Å². The monoisotopic (exact) mass is 488 g/mol. The number of aromatic nitrogens is 3. The second-order valence-electron chi connectivity index (χ2n) is 9.51. The van der Waals surface area contributed by atoms with E-state index in [1.165, 1.54) is 16.4 Å². The number of anilines is 1. The minimum Gasteiger partial charge on any atom is -0.356 e. The average Bonchev–Trinajstić information content (AvgIpc) is 3.26. The summed E-state index contributed by atoms with van der Waals surface area (Å²) < 4.78 is 30.2. The number of aryl methyl sites for hydroxylation is 1. The van der Waals surface area contributed by atoms with Crippen molar-refractivity contribution < 1.29 is 13.3 Å². The van der Waals surface area contributed by atoms with Gasteiger partial charge in [0.05, 0.1) is 15.9 Å². The van der Waals surface area contributed by atoms with Crippen molar-refractivity contribution in [3.05, 3.63) is 40.0 Å². The quantitative estimate of drug-likeness (QED) is 0.464. The molecule has 0 amide bonds. The molecule has 0 unspecified atom stereocenters. The molecule has 4 heterocycles. The van der Waals surface area contributed by atoms with Crippen molar-refractivity contribution in [3.8, 4) is 0 Å². The molecule has 3 aliphatic heterocycles. The fourth-order valence-electron chi connectivity index (χ4n) is 5.56. The summed E-state index contributed by atoms with van der Waals surface area (Å²) in [7, 11) is -3.77. The summed E-state index contributed by atoms with van der Waals surface area (Å²) in [5, 5.41) is 21.0. The lowest BCUT2D eigenvalue weighted by Crippen LogP contribution is -2.32. The largest absolute Gasteiger partial charge is 0.356 e. The van der Waals surface area contributed by atoms with Gasteiger partial charge in [0.25, 0.3) is 5.69 Å². The number of sulfonamides is 1. The third-order valence-corrected chi connectivity index (χ3v) is 9.24. The zero-order valence-corrected chi connectivity index (χ0v) is 20.2. The SMILES string of the molecule is O=[N+]([O-])c1cc(S(=O)(=O)N2CCCCCC2)ccc1N1CCC[C@@H]1c1nnc2n1CCCCC2. The van der Waals surface area contributed by atoms with Crippen molar-refractivity contribution >= 4 is 21.4 Å². The van der Waals surface area contributed by atoms with E-state index in [4.69, 9.17) is 0 Å². The summed E-state index contributed by atoms with van der Waals surface area (Å²) in [5.41, 5.74) is 0.284. The highest BCUT2D eigenvalue weighted by Crippen LogP contribution is 2.41. The van der Waals surface area contributed by atoms with Crippen LogP contribution < -0.4 is 4.90 Å². The number of rotatable bonds is 5. The van der Waals surface area contributed by atoms with Crippen LogP contribution in [0.2, 0.25) is 0 Å². The van der Waals surface area contributed by atoms with E-state index in [1.807, 2.05) is 4.90 Å². The fraction of sp³-hybridized carbons (Fsp3) is 0.652. The Balaban J connectivity index is 1.49. The molecule has 10 nitrogen and oxygen atoms in total. The average molecular weight is 489 g/mol. The second-order valence-corrected chi connectivity index (χ2v) is 11.5. The maximum Gasteiger partial charge on any atom is 0.293 e. The molecule has 1 aromatic heterocycles. The van der Waals surface area contributed by atoms with Crippen molar-refractivity contribution in [3.63, 3.8) is 0 Å². The topological polar surface area (TPSA) is 114 Å². The Labute approximate surface area is 200 Å². The van der Waals surface area contributed by atoms with Gasteiger partial charge in [0.2, 0.25) is 10.0 Å². The van der Waals surface area contributed by atoms with E-state index in [0.717, 1.165) is 82.4 Å². The van der Waals surface area contributed by atoms with Gasteiger partial charge in [0.1, 0.15) is 11.5 Å². The maximum absolute atomic E-state index is 13.3. The Hall–Kier alpha value is -2.53. The molecular formula is C23H32N6O4S. The molecule has 184 valence electrons. The predicted octanol–water partition coefficient (Wildman–Crippen LogP) is 3.82. The Kier molecular flexibility index (Phi) is 6.57. The number of nitro benzene ring substituents is 1. The van der Waals surface area contributed by atoms with Crippen molar-refractivity contribution in [1.82, 2.24) is 19.1 Å². The molecule has 0 N–H and O–H groups in total. The first kappa shape index (κ1) is 23.2. The van der Waals surface area contributed by atoms with Crippen LogP contribution in [-0.2, 0) is 23.0 Å². The molecule has 0 radical (unpaired) electrons. The lowest BCUT2D eigenvalue weighted by atomic mass is 10.1. The van der Waals surface area contributed by atoms with Gasteiger partial charge in [-0.25, -0.2) is 8.42 Å². The van der Waals surface area contributed by atoms with E-state index >= 15 is 0 Å². The molecule has 3 aliphatic rings. The second kappa shape index (κ2) is 9.61. The standard InChI is InChI=1S/C23H32N6O4S/c30-29(31)21-17-18(34(32,33)26-13-5-1-2-6-14-26)11-12-19(21)27-16-8-9-20(27)23-25-24-22-10-4-3-7-15-28(22)23/h11-12,17,20H,1-10,13-16H2/t20-/m1/s1. The van der Waals surface area contributed by atoms with E-state index in [2.05, 4.69) is 14.8 Å². The van der Waals surface area contributed by atoms with Crippen LogP contribution in [0.1, 0.15) is 75.5 Å². The third-order valence-electron chi connectivity index (χ3n) is 7.34. The number of hydrogen-bond donors (Lipinski definition) is 0. The van der Waals surface area contributed by atoms with Gasteiger partial charge in [0.15, 0.2) is 5.82 Å². The molecule has 1 aromatic carbocycles. The number of benzene rings is 1. The van der Waals surface area contributed by atoms with Crippen LogP contribution >= 0.6 is 0 Å². The van der Waals surface area contributed by atoms with Crippen LogP contribution in [0, 0.1) is 10.1 Å². The molecule has 34 heavy (non-hydrogen) atoms. The Morgan fingerprint density at radius 1 is 0.912 bits per heavy atom. The molecule has 1 atom stereocenters. The summed E-state index contributed by atoms with van der Waals surface area (Å²) in [6, 6.07) is 4.28. The van der Waals surface area contributed by atoms with Crippen molar-refractivity contribution in [2.45, 2.75) is 81.7 Å². The van der Waals surface area contributed by atoms with Crippen LogP contribution in [-0.4, -0.2) is 52.0 Å². The highest BCUT2D eigenvalue weighted by atomic mass is 32.2. The molecule has 5 rings (SSSR count). The van der Waals surface area contributed by atoms with Gasteiger partial charge in [-0.15, -0.1) is 10.2 Å². The van der Waals surface area contributed by atoms with Crippen molar-refractivity contribution in [2.75, 3.05) is 24.5 Å². The van der Waals surface area contributed by atoms with Gasteiger partial charge in [-0.2, -0.15) is 4.31 Å². The van der Waals surface area contributed by atoms with Crippen LogP contribution in [0.3, 0.4) is 0 Å². The van der Waals surface area contributed by atoms with Gasteiger partial charge in [-0.1, -0.05) is 19.3 Å². The van der Waals surface area contributed by atoms with Crippen molar-refractivity contribution in [1.29, 1.82) is 0 Å². The van der Waals surface area contributed by atoms with Gasteiger partial charge in [-0.05, 0) is 50.7 Å². The van der Waals surface area contributed by atoms with Crippen LogP contribution in [0.5, 0.6) is 0 Å². The lowest BCUT2D eigenvalue weighted by Gasteiger charge is -2.27. The highest BCUT2D eigenvalue weighted by Gasteiger charge is 2.36. The van der Waals surface area contributed by atoms with E-state index in [-0.39, 0.29) is 16.6 Å². The van der Waals surface area contributed by atoms with E-state index in [0.29, 0.717) is 25.3 Å². The number of fused-ring (bicyclic) bond motifs is 1. The number of nitrogens with zero attached hydrogens (tertiary/aromatic N) is 6. The number of hydrogen-bond acceptors (Lipinski definition) is 7. The summed E-state index contributed by atoms with van der Waals surface area (Å²) in [5.74, 6) is 1.86. The summed E-state index contributed by atoms with van der Waals surface area (Å²) in [6.45, 7) is 2.46. The van der Waals surface area contributed by atoms with Crippen LogP contribution in [0.4, 0.5) is 11.4 Å². The number of nitro groups is 1. The van der Waals surface area contributed by atoms with Gasteiger partial charge < -0.3 is 9.47 Å². The van der Waals surface area contributed by atoms with Gasteiger partial charge >= 0.3 is 0 Å². The molecule has 0 spiro atoms. The smallest absolute Gasteiger partial charge is 0.293 e. The Bertz CT molecular complexity index is 1160. The zero-order chi connectivity index (χ0) is 23.7. The highest BCUT2D eigenvalue weighted by molar-refractivity contribution is 7.89. The molecule has 11 heteroatoms. The molecular weight excluding hydrogens is 456 g/mol. The molecule has 2 aromatic rings. The summed E-state index contributed by atoms with van der Waals surface area (Å²) >= 11 is 0. The minimum atomic E-state index is -3.77. The summed E-state index contributed by atoms with van der Waals surface area (Å²) in [4.78, 5) is 13.6. The fourth-order valence-corrected chi connectivity index (χ4v) is 7.10. The first-order valence-electron chi connectivity index (χ1n) is 12.4. The zero-order valence-electron chi connectivity index (χ0n) is 19.4. The molecule has 2 saturated heterocycles. The minimum absolute atomic E-state index is 0.00283. The van der Waals surface area contributed by atoms with Crippen LogP contribution in [0.25, 0.3) is 0 Å².